The number of nitrogens with zero attached hydrogens (tertiary/aromatic N) is 3. The molecule has 0 unspecified atom stereocenters. The van der Waals surface area contributed by atoms with Crippen molar-refractivity contribution in [3.8, 4) is 12.3 Å². The van der Waals surface area contributed by atoms with Crippen LogP contribution in [-0.4, -0.2) is 22.9 Å². The average molecular weight is 245 g/mol. The molecule has 1 aliphatic rings. The van der Waals surface area contributed by atoms with E-state index in [-0.39, 0.29) is 5.56 Å². The van der Waals surface area contributed by atoms with Gasteiger partial charge in [-0.05, 0) is 25.7 Å². The number of piperidine rings is 1. The SMILES string of the molecule is C#CCCCn1ncc(N2CCCCC2)cc1=O. The quantitative estimate of drug-likeness (QED) is 0.598. The third kappa shape index (κ3) is 3.13. The van der Waals surface area contributed by atoms with Crippen LogP contribution in [0.25, 0.3) is 0 Å². The van der Waals surface area contributed by atoms with Gasteiger partial charge in [-0.2, -0.15) is 5.10 Å². The first-order chi connectivity index (χ1) is 8.81. The lowest BCUT2D eigenvalue weighted by Crippen LogP contribution is -2.32. The minimum atomic E-state index is -0.0323. The predicted molar refractivity (Wildman–Crippen MR) is 72.6 cm³/mol. The van der Waals surface area contributed by atoms with E-state index in [4.69, 9.17) is 6.42 Å². The van der Waals surface area contributed by atoms with Crippen molar-refractivity contribution in [2.24, 2.45) is 0 Å². The van der Waals surface area contributed by atoms with Crippen molar-refractivity contribution in [1.29, 1.82) is 0 Å². The molecule has 0 amide bonds. The van der Waals surface area contributed by atoms with Gasteiger partial charge in [0.2, 0.25) is 0 Å². The van der Waals surface area contributed by atoms with Crippen LogP contribution in [0.1, 0.15) is 32.1 Å². The monoisotopic (exact) mass is 245 g/mol. The number of unbranched alkanes of at least 4 members (excludes halogenated alkanes) is 1. The van der Waals surface area contributed by atoms with E-state index < -0.39 is 0 Å². The summed E-state index contributed by atoms with van der Waals surface area (Å²) in [5, 5.41) is 4.22. The van der Waals surface area contributed by atoms with E-state index >= 15 is 0 Å². The normalized spacial score (nSPS) is 15.4. The molecular weight excluding hydrogens is 226 g/mol. The smallest absolute Gasteiger partial charge is 0.268 e. The minimum absolute atomic E-state index is 0.0323. The molecule has 0 N–H and O–H groups in total. The van der Waals surface area contributed by atoms with Gasteiger partial charge in [0.25, 0.3) is 5.56 Å². The summed E-state index contributed by atoms with van der Waals surface area (Å²) in [6.45, 7) is 2.66. The van der Waals surface area contributed by atoms with Crippen LogP contribution in [0.4, 0.5) is 5.69 Å². The Kier molecular flexibility index (Phi) is 4.40. The molecule has 4 heteroatoms. The molecule has 4 nitrogen and oxygen atoms in total. The number of hydrogen-bond donors (Lipinski definition) is 0. The number of rotatable bonds is 4. The van der Waals surface area contributed by atoms with Crippen LogP contribution < -0.4 is 10.5 Å². The van der Waals surface area contributed by atoms with E-state index in [1.165, 1.54) is 23.9 Å². The second kappa shape index (κ2) is 6.25. The molecule has 0 aromatic carbocycles. The Morgan fingerprint density at radius 1 is 1.33 bits per heavy atom. The summed E-state index contributed by atoms with van der Waals surface area (Å²) in [5.41, 5.74) is 0.919. The topological polar surface area (TPSA) is 38.1 Å². The van der Waals surface area contributed by atoms with Crippen molar-refractivity contribution in [2.75, 3.05) is 18.0 Å². The van der Waals surface area contributed by atoms with Crippen molar-refractivity contribution in [2.45, 2.75) is 38.6 Å². The van der Waals surface area contributed by atoms with Crippen LogP contribution in [0, 0.1) is 12.3 Å². The van der Waals surface area contributed by atoms with Crippen molar-refractivity contribution < 1.29 is 0 Å². The lowest BCUT2D eigenvalue weighted by Gasteiger charge is -2.28. The molecule has 0 aliphatic carbocycles. The lowest BCUT2D eigenvalue weighted by molar-refractivity contribution is 0.546. The first kappa shape index (κ1) is 12.7. The van der Waals surface area contributed by atoms with Crippen LogP contribution in [0.5, 0.6) is 0 Å². The average Bonchev–Trinajstić information content (AvgIpc) is 2.42. The molecule has 0 bridgehead atoms. The summed E-state index contributed by atoms with van der Waals surface area (Å²) < 4.78 is 1.49. The van der Waals surface area contributed by atoms with Gasteiger partial charge in [0, 0.05) is 32.1 Å². The first-order valence-corrected chi connectivity index (χ1v) is 6.57. The Hall–Kier alpha value is -1.76. The van der Waals surface area contributed by atoms with Crippen molar-refractivity contribution in [3.63, 3.8) is 0 Å². The molecule has 0 spiro atoms. The van der Waals surface area contributed by atoms with Gasteiger partial charge in [-0.1, -0.05) is 0 Å². The third-order valence-corrected chi connectivity index (χ3v) is 3.27. The molecule has 1 aliphatic heterocycles. The van der Waals surface area contributed by atoms with E-state index in [9.17, 15) is 4.79 Å². The zero-order valence-electron chi connectivity index (χ0n) is 10.6. The van der Waals surface area contributed by atoms with E-state index in [0.717, 1.165) is 25.2 Å². The Bertz CT molecular complexity index is 481. The molecule has 1 aromatic rings. The van der Waals surface area contributed by atoms with Gasteiger partial charge in [-0.3, -0.25) is 4.79 Å². The molecule has 96 valence electrons. The highest BCUT2D eigenvalue weighted by atomic mass is 16.1. The molecule has 0 radical (unpaired) electrons. The van der Waals surface area contributed by atoms with Crippen LogP contribution in [0.2, 0.25) is 0 Å². The fourth-order valence-electron chi connectivity index (χ4n) is 2.25. The number of terminal acetylenes is 1. The van der Waals surface area contributed by atoms with Crippen molar-refractivity contribution in [1.82, 2.24) is 9.78 Å². The highest BCUT2D eigenvalue weighted by Gasteiger charge is 2.12. The van der Waals surface area contributed by atoms with Gasteiger partial charge in [0.05, 0.1) is 11.9 Å². The molecule has 1 aromatic heterocycles. The Morgan fingerprint density at radius 2 is 2.11 bits per heavy atom. The summed E-state index contributed by atoms with van der Waals surface area (Å²) in [4.78, 5) is 14.1. The Morgan fingerprint density at radius 3 is 2.78 bits per heavy atom. The number of aromatic nitrogens is 2. The maximum absolute atomic E-state index is 11.9. The van der Waals surface area contributed by atoms with E-state index in [1.54, 1.807) is 12.3 Å². The van der Waals surface area contributed by atoms with Crippen LogP contribution >= 0.6 is 0 Å². The van der Waals surface area contributed by atoms with Crippen molar-refractivity contribution in [3.05, 3.63) is 22.6 Å². The van der Waals surface area contributed by atoms with E-state index in [2.05, 4.69) is 15.9 Å². The Balaban J connectivity index is 2.04. The van der Waals surface area contributed by atoms with Crippen LogP contribution in [-0.2, 0) is 6.54 Å². The third-order valence-electron chi connectivity index (χ3n) is 3.27. The second-order valence-corrected chi connectivity index (χ2v) is 4.63. The standard InChI is InChI=1S/C14H19N3O/c1-2-3-5-10-17-14(18)11-13(12-15-17)16-8-6-4-7-9-16/h1,11-12H,3-10H2. The highest BCUT2D eigenvalue weighted by molar-refractivity contribution is 5.43. The highest BCUT2D eigenvalue weighted by Crippen LogP contribution is 2.16. The summed E-state index contributed by atoms with van der Waals surface area (Å²) in [7, 11) is 0. The number of anilines is 1. The molecule has 18 heavy (non-hydrogen) atoms. The molecule has 1 saturated heterocycles. The van der Waals surface area contributed by atoms with Gasteiger partial charge in [0.1, 0.15) is 0 Å². The predicted octanol–water partition coefficient (Wildman–Crippen LogP) is 1.65. The number of aryl methyl sites for hydroxylation is 1. The minimum Gasteiger partial charge on any atom is -0.370 e. The first-order valence-electron chi connectivity index (χ1n) is 6.57. The zero-order chi connectivity index (χ0) is 12.8. The lowest BCUT2D eigenvalue weighted by atomic mass is 10.1. The molecule has 2 rings (SSSR count). The van der Waals surface area contributed by atoms with Gasteiger partial charge in [-0.25, -0.2) is 4.68 Å². The fourth-order valence-corrected chi connectivity index (χ4v) is 2.25. The van der Waals surface area contributed by atoms with E-state index in [1.807, 2.05) is 0 Å². The van der Waals surface area contributed by atoms with Crippen LogP contribution in [0.15, 0.2) is 17.1 Å². The summed E-state index contributed by atoms with van der Waals surface area (Å²) in [6.07, 6.45) is 12.1. The molecular formula is C14H19N3O. The maximum Gasteiger partial charge on any atom is 0.268 e. The second-order valence-electron chi connectivity index (χ2n) is 4.63. The van der Waals surface area contributed by atoms with Gasteiger partial charge in [-0.15, -0.1) is 12.3 Å². The van der Waals surface area contributed by atoms with Gasteiger partial charge in [0.15, 0.2) is 0 Å². The largest absolute Gasteiger partial charge is 0.370 e. The van der Waals surface area contributed by atoms with Gasteiger partial charge >= 0.3 is 0 Å². The van der Waals surface area contributed by atoms with Crippen molar-refractivity contribution >= 4 is 5.69 Å². The summed E-state index contributed by atoms with van der Waals surface area (Å²) >= 11 is 0. The molecule has 0 saturated carbocycles. The number of hydrogen-bond acceptors (Lipinski definition) is 3. The molecule has 0 atom stereocenters. The molecule has 1 fully saturated rings. The fraction of sp³-hybridized carbons (Fsp3) is 0.571. The van der Waals surface area contributed by atoms with E-state index in [0.29, 0.717) is 13.0 Å². The Labute approximate surface area is 108 Å². The van der Waals surface area contributed by atoms with Crippen LogP contribution in [0.3, 0.4) is 0 Å². The molecule has 2 heterocycles. The maximum atomic E-state index is 11.9. The summed E-state index contributed by atoms with van der Waals surface area (Å²) in [6, 6.07) is 1.69. The van der Waals surface area contributed by atoms with Gasteiger partial charge < -0.3 is 4.90 Å². The zero-order valence-corrected chi connectivity index (χ0v) is 10.6. The summed E-state index contributed by atoms with van der Waals surface area (Å²) in [5.74, 6) is 2.57.